The molecule has 3 aromatic rings. The number of hydrogen-bond acceptors (Lipinski definition) is 3. The molecule has 0 unspecified atom stereocenters. The molecule has 128 valence electrons. The predicted molar refractivity (Wildman–Crippen MR) is 104 cm³/mol. The van der Waals surface area contributed by atoms with Gasteiger partial charge in [0.1, 0.15) is 5.02 Å². The van der Waals surface area contributed by atoms with Gasteiger partial charge in [-0.2, -0.15) is 5.10 Å². The zero-order valence-electron chi connectivity index (χ0n) is 13.4. The monoisotopic (exact) mass is 391 g/mol. The third-order valence-corrected chi connectivity index (χ3v) is 4.89. The van der Waals surface area contributed by atoms with Crippen molar-refractivity contribution >= 4 is 46.7 Å². The van der Waals surface area contributed by atoms with E-state index >= 15 is 0 Å². The number of nitrogens with zero attached hydrogens (tertiary/aromatic N) is 2. The number of carbonyl (C=O) groups is 1. The highest BCUT2D eigenvalue weighted by atomic mass is 35.5. The number of halogens is 2. The minimum absolute atomic E-state index is 0.313. The van der Waals surface area contributed by atoms with Crippen LogP contribution in [0.15, 0.2) is 59.6 Å². The molecule has 0 spiro atoms. The Morgan fingerprint density at radius 1 is 1.16 bits per heavy atom. The second-order valence-corrected chi connectivity index (χ2v) is 7.00. The van der Waals surface area contributed by atoms with E-state index in [4.69, 9.17) is 23.2 Å². The Morgan fingerprint density at radius 3 is 2.64 bits per heavy atom. The molecule has 0 fully saturated rings. The predicted octanol–water partition coefficient (Wildman–Crippen LogP) is 5.21. The van der Waals surface area contributed by atoms with Gasteiger partial charge in [0, 0.05) is 11.1 Å². The molecule has 0 radical (unpaired) electrons. The van der Waals surface area contributed by atoms with Crippen LogP contribution in [-0.4, -0.2) is 21.9 Å². The van der Waals surface area contributed by atoms with Crippen LogP contribution in [0, 0.1) is 0 Å². The van der Waals surface area contributed by atoms with Crippen LogP contribution in [-0.2, 0) is 6.54 Å². The van der Waals surface area contributed by atoms with E-state index in [1.54, 1.807) is 23.0 Å². The topological polar surface area (TPSA) is 46.9 Å². The molecule has 0 saturated carbocycles. The van der Waals surface area contributed by atoms with Gasteiger partial charge in [-0.25, -0.2) is 0 Å². The van der Waals surface area contributed by atoms with Gasteiger partial charge in [0.25, 0.3) is 5.91 Å². The summed E-state index contributed by atoms with van der Waals surface area (Å²) in [4.78, 5) is 13.5. The van der Waals surface area contributed by atoms with Gasteiger partial charge >= 0.3 is 0 Å². The maximum atomic E-state index is 12.5. The molecule has 0 atom stereocenters. The molecule has 1 heterocycles. The lowest BCUT2D eigenvalue weighted by Gasteiger charge is -2.07. The first-order valence-corrected chi connectivity index (χ1v) is 9.46. The fourth-order valence-electron chi connectivity index (χ4n) is 2.31. The summed E-state index contributed by atoms with van der Waals surface area (Å²) in [5.41, 5.74) is 1.48. The first kappa shape index (κ1) is 17.9. The van der Waals surface area contributed by atoms with Crippen LogP contribution < -0.4 is 5.32 Å². The smallest absolute Gasteiger partial charge is 0.258 e. The van der Waals surface area contributed by atoms with Crippen LogP contribution in [0.25, 0.3) is 0 Å². The quantitative estimate of drug-likeness (QED) is 0.606. The van der Waals surface area contributed by atoms with E-state index in [0.717, 1.165) is 10.5 Å². The number of hydrogen-bond donors (Lipinski definition) is 1. The fourth-order valence-corrected chi connectivity index (χ4v) is 3.15. The van der Waals surface area contributed by atoms with Gasteiger partial charge < -0.3 is 5.32 Å². The largest absolute Gasteiger partial charge is 0.304 e. The van der Waals surface area contributed by atoms with Crippen LogP contribution in [0.4, 0.5) is 5.82 Å². The van der Waals surface area contributed by atoms with Crippen molar-refractivity contribution in [2.75, 3.05) is 11.6 Å². The van der Waals surface area contributed by atoms with Crippen LogP contribution in [0.2, 0.25) is 10.0 Å². The van der Waals surface area contributed by atoms with Crippen molar-refractivity contribution < 1.29 is 4.79 Å². The third-order valence-electron chi connectivity index (χ3n) is 3.55. The fraction of sp³-hybridized carbons (Fsp3) is 0.111. The summed E-state index contributed by atoms with van der Waals surface area (Å²) < 4.78 is 1.69. The summed E-state index contributed by atoms with van der Waals surface area (Å²) in [5.74, 6) is -0.0269. The number of carbonyl (C=O) groups excluding carboxylic acids is 1. The Bertz CT molecular complexity index is 897. The molecule has 0 aliphatic rings. The number of amides is 1. The lowest BCUT2D eigenvalue weighted by Crippen LogP contribution is -2.14. The van der Waals surface area contributed by atoms with Gasteiger partial charge in [0.15, 0.2) is 5.82 Å². The average molecular weight is 392 g/mol. The Balaban J connectivity index is 1.78. The van der Waals surface area contributed by atoms with Crippen molar-refractivity contribution in [3.8, 4) is 0 Å². The van der Waals surface area contributed by atoms with Crippen LogP contribution in [0.3, 0.4) is 0 Å². The van der Waals surface area contributed by atoms with Crippen molar-refractivity contribution in [2.24, 2.45) is 0 Å². The second kappa shape index (κ2) is 7.95. The standard InChI is InChI=1S/C18H15Cl2N3OS/c1-25-13-7-8-15(19)14(9-13)18(24)21-17-16(20)11-23(22-17)10-12-5-3-2-4-6-12/h2-9,11H,10H2,1H3,(H,21,22,24). The molecule has 1 N–H and O–H groups in total. The highest BCUT2D eigenvalue weighted by Gasteiger charge is 2.15. The first-order chi connectivity index (χ1) is 12.1. The molecule has 1 aromatic heterocycles. The molecule has 25 heavy (non-hydrogen) atoms. The van der Waals surface area contributed by atoms with Gasteiger partial charge in [-0.05, 0) is 30.0 Å². The van der Waals surface area contributed by atoms with Gasteiger partial charge in [-0.1, -0.05) is 53.5 Å². The summed E-state index contributed by atoms with van der Waals surface area (Å²) in [6, 6.07) is 15.2. The Kier molecular flexibility index (Phi) is 5.68. The van der Waals surface area contributed by atoms with Gasteiger partial charge in [-0.3, -0.25) is 9.48 Å². The molecule has 0 aliphatic heterocycles. The Morgan fingerprint density at radius 2 is 1.92 bits per heavy atom. The number of rotatable bonds is 5. The summed E-state index contributed by atoms with van der Waals surface area (Å²) in [6.45, 7) is 0.569. The molecule has 0 saturated heterocycles. The van der Waals surface area contributed by atoms with E-state index in [1.165, 1.54) is 11.8 Å². The van der Waals surface area contributed by atoms with E-state index in [0.29, 0.717) is 28.0 Å². The average Bonchev–Trinajstić information content (AvgIpc) is 2.95. The summed E-state index contributed by atoms with van der Waals surface area (Å²) in [7, 11) is 0. The highest BCUT2D eigenvalue weighted by Crippen LogP contribution is 2.25. The van der Waals surface area contributed by atoms with Crippen molar-refractivity contribution in [3.63, 3.8) is 0 Å². The maximum absolute atomic E-state index is 12.5. The second-order valence-electron chi connectivity index (χ2n) is 5.31. The van der Waals surface area contributed by atoms with Gasteiger partial charge in [0.05, 0.1) is 17.1 Å². The minimum Gasteiger partial charge on any atom is -0.304 e. The van der Waals surface area contributed by atoms with E-state index in [2.05, 4.69) is 10.4 Å². The lowest BCUT2D eigenvalue weighted by atomic mass is 10.2. The number of anilines is 1. The zero-order valence-corrected chi connectivity index (χ0v) is 15.7. The molecule has 7 heteroatoms. The van der Waals surface area contributed by atoms with Crippen LogP contribution >= 0.6 is 35.0 Å². The Hall–Kier alpha value is -1.95. The van der Waals surface area contributed by atoms with Crippen LogP contribution in [0.1, 0.15) is 15.9 Å². The molecule has 2 aromatic carbocycles. The molecule has 3 rings (SSSR count). The summed E-state index contributed by atoms with van der Waals surface area (Å²) in [5, 5.41) is 7.84. The molecule has 1 amide bonds. The SMILES string of the molecule is CSc1ccc(Cl)c(C(=O)Nc2nn(Cc3ccccc3)cc2Cl)c1. The minimum atomic E-state index is -0.340. The van der Waals surface area contributed by atoms with Crippen LogP contribution in [0.5, 0.6) is 0 Å². The van der Waals surface area contributed by atoms with Crippen molar-refractivity contribution in [1.29, 1.82) is 0 Å². The molecule has 0 bridgehead atoms. The van der Waals surface area contributed by atoms with Gasteiger partial charge in [-0.15, -0.1) is 11.8 Å². The van der Waals surface area contributed by atoms with E-state index in [1.807, 2.05) is 42.7 Å². The van der Waals surface area contributed by atoms with Crippen molar-refractivity contribution in [1.82, 2.24) is 9.78 Å². The highest BCUT2D eigenvalue weighted by molar-refractivity contribution is 7.98. The van der Waals surface area contributed by atoms with Crippen molar-refractivity contribution in [3.05, 3.63) is 75.9 Å². The Labute approximate surface area is 160 Å². The van der Waals surface area contributed by atoms with E-state index < -0.39 is 0 Å². The zero-order chi connectivity index (χ0) is 17.8. The number of aromatic nitrogens is 2. The maximum Gasteiger partial charge on any atom is 0.258 e. The molecular weight excluding hydrogens is 377 g/mol. The van der Waals surface area contributed by atoms with Gasteiger partial charge in [0.2, 0.25) is 0 Å². The van der Waals surface area contributed by atoms with E-state index in [-0.39, 0.29) is 5.91 Å². The first-order valence-electron chi connectivity index (χ1n) is 7.48. The summed E-state index contributed by atoms with van der Waals surface area (Å²) in [6.07, 6.45) is 3.62. The number of nitrogens with one attached hydrogen (secondary N) is 1. The third kappa shape index (κ3) is 4.37. The molecular formula is C18H15Cl2N3OS. The summed E-state index contributed by atoms with van der Waals surface area (Å²) >= 11 is 13.9. The number of thioether (sulfide) groups is 1. The number of benzene rings is 2. The van der Waals surface area contributed by atoms with Crippen molar-refractivity contribution in [2.45, 2.75) is 11.4 Å². The normalized spacial score (nSPS) is 10.7. The molecule has 4 nitrogen and oxygen atoms in total. The van der Waals surface area contributed by atoms with E-state index in [9.17, 15) is 4.79 Å². The molecule has 0 aliphatic carbocycles. The lowest BCUT2D eigenvalue weighted by molar-refractivity contribution is 0.102.